The lowest BCUT2D eigenvalue weighted by atomic mass is 9.91. The summed E-state index contributed by atoms with van der Waals surface area (Å²) in [6.07, 6.45) is 6.11. The van der Waals surface area contributed by atoms with Crippen LogP contribution in [0.4, 0.5) is 20.5 Å². The smallest absolute Gasteiger partial charge is 0.241 e. The predicted molar refractivity (Wildman–Crippen MR) is 153 cm³/mol. The summed E-state index contributed by atoms with van der Waals surface area (Å²) in [4.78, 5) is 19.1. The zero-order chi connectivity index (χ0) is 27.8. The normalized spacial score (nSPS) is 20.0. The highest BCUT2D eigenvalue weighted by Crippen LogP contribution is 2.38. The van der Waals surface area contributed by atoms with Gasteiger partial charge < -0.3 is 9.47 Å². The second-order valence-corrected chi connectivity index (χ2v) is 11.0. The Hall–Kier alpha value is -3.63. The molecule has 2 fully saturated rings. The third-order valence-electron chi connectivity index (χ3n) is 8.38. The van der Waals surface area contributed by atoms with E-state index < -0.39 is 0 Å². The van der Waals surface area contributed by atoms with Crippen molar-refractivity contribution in [3.05, 3.63) is 77.6 Å². The first-order valence-corrected chi connectivity index (χ1v) is 14.2. The Balaban J connectivity index is 1.39. The summed E-state index contributed by atoms with van der Waals surface area (Å²) in [5.41, 5.74) is 6.20. The highest BCUT2D eigenvalue weighted by molar-refractivity contribution is 5.85. The van der Waals surface area contributed by atoms with Gasteiger partial charge in [-0.05, 0) is 67.0 Å². The van der Waals surface area contributed by atoms with Crippen LogP contribution in [-0.2, 0) is 6.54 Å². The molecule has 0 unspecified atom stereocenters. The fourth-order valence-electron chi connectivity index (χ4n) is 6.03. The molecule has 2 aromatic heterocycles. The fourth-order valence-corrected chi connectivity index (χ4v) is 6.03. The zero-order valence-electron chi connectivity index (χ0n) is 23.0. The van der Waals surface area contributed by atoms with Gasteiger partial charge in [0.1, 0.15) is 11.6 Å². The van der Waals surface area contributed by atoms with Crippen LogP contribution in [-0.4, -0.2) is 49.6 Å². The zero-order valence-corrected chi connectivity index (χ0v) is 23.0. The van der Waals surface area contributed by atoms with Crippen molar-refractivity contribution >= 4 is 22.9 Å². The fraction of sp³-hybridized carbons (Fsp3) is 0.433. The first-order chi connectivity index (χ1) is 19.5. The van der Waals surface area contributed by atoms with E-state index in [9.17, 15) is 8.78 Å². The SMILES string of the molecule is CC[C@H]1CN(C(c2ccc(F)cc2)c2ccc(F)cc2)[C@H](CC)CN1c1nc(NN)nc2c1ncn2CC1CC1. The van der Waals surface area contributed by atoms with Crippen LogP contribution in [0, 0.1) is 17.6 Å². The number of nitrogens with two attached hydrogens (primary N) is 1. The molecule has 1 saturated heterocycles. The number of halogens is 2. The summed E-state index contributed by atoms with van der Waals surface area (Å²) in [5, 5.41) is 0. The topological polar surface area (TPSA) is 88.1 Å². The van der Waals surface area contributed by atoms with Gasteiger partial charge in [0.15, 0.2) is 17.0 Å². The first-order valence-electron chi connectivity index (χ1n) is 14.2. The van der Waals surface area contributed by atoms with Crippen molar-refractivity contribution in [3.63, 3.8) is 0 Å². The molecule has 2 aromatic carbocycles. The van der Waals surface area contributed by atoms with Crippen LogP contribution < -0.4 is 16.2 Å². The number of nitrogens with zero attached hydrogens (tertiary/aromatic N) is 6. The van der Waals surface area contributed by atoms with Gasteiger partial charge in [-0.2, -0.15) is 9.97 Å². The lowest BCUT2D eigenvalue weighted by molar-refractivity contribution is 0.110. The number of imidazole rings is 1. The van der Waals surface area contributed by atoms with E-state index in [4.69, 9.17) is 15.8 Å². The molecule has 1 aliphatic carbocycles. The van der Waals surface area contributed by atoms with Gasteiger partial charge >= 0.3 is 0 Å². The van der Waals surface area contributed by atoms with Crippen molar-refractivity contribution in [1.82, 2.24) is 24.4 Å². The Labute approximate surface area is 233 Å². The van der Waals surface area contributed by atoms with E-state index in [0.717, 1.165) is 60.6 Å². The number of aromatic nitrogens is 4. The second-order valence-electron chi connectivity index (χ2n) is 11.0. The summed E-state index contributed by atoms with van der Waals surface area (Å²) in [7, 11) is 0. The second kappa shape index (κ2) is 11.1. The molecule has 0 spiro atoms. The summed E-state index contributed by atoms with van der Waals surface area (Å²) < 4.78 is 29.9. The molecule has 6 rings (SSSR count). The number of benzene rings is 2. The summed E-state index contributed by atoms with van der Waals surface area (Å²) >= 11 is 0. The molecule has 0 amide bonds. The van der Waals surface area contributed by atoms with Gasteiger partial charge in [-0.15, -0.1) is 0 Å². The third kappa shape index (κ3) is 5.13. The predicted octanol–water partition coefficient (Wildman–Crippen LogP) is 5.27. The van der Waals surface area contributed by atoms with Crippen molar-refractivity contribution in [1.29, 1.82) is 0 Å². The number of hydrogen-bond donors (Lipinski definition) is 2. The van der Waals surface area contributed by atoms with E-state index in [2.05, 4.69) is 38.6 Å². The highest BCUT2D eigenvalue weighted by atomic mass is 19.1. The lowest BCUT2D eigenvalue weighted by Crippen LogP contribution is -2.59. The molecule has 0 bridgehead atoms. The minimum absolute atomic E-state index is 0.128. The minimum atomic E-state index is -0.275. The Morgan fingerprint density at radius 2 is 1.52 bits per heavy atom. The number of nitrogen functional groups attached to an aromatic ring is 1. The standard InChI is InChI=1S/C30H36F2N8/c1-3-24-17-40(29-26-28(35-30(36-29)37-33)38(18-34-26)15-19-5-6-19)25(4-2)16-39(24)27(20-7-11-22(31)12-8-20)21-9-13-23(32)14-10-21/h7-14,18-19,24-25,27H,3-6,15-17,33H2,1-2H3,(H,35,36,37)/t24-,25+/m1/s1. The molecule has 2 aliphatic rings. The molecule has 40 heavy (non-hydrogen) atoms. The van der Waals surface area contributed by atoms with Gasteiger partial charge in [-0.3, -0.25) is 10.3 Å². The lowest BCUT2D eigenvalue weighted by Gasteiger charge is -2.49. The number of rotatable bonds is 9. The van der Waals surface area contributed by atoms with Crippen molar-refractivity contribution in [2.45, 2.75) is 64.2 Å². The van der Waals surface area contributed by atoms with E-state index in [0.29, 0.717) is 11.9 Å². The van der Waals surface area contributed by atoms with Crippen molar-refractivity contribution in [2.75, 3.05) is 23.4 Å². The summed E-state index contributed by atoms with van der Waals surface area (Å²) in [6, 6.07) is 13.5. The Morgan fingerprint density at radius 3 is 2.08 bits per heavy atom. The van der Waals surface area contributed by atoms with E-state index >= 15 is 0 Å². The maximum Gasteiger partial charge on any atom is 0.241 e. The van der Waals surface area contributed by atoms with Crippen LogP contribution >= 0.6 is 0 Å². The number of piperazine rings is 1. The van der Waals surface area contributed by atoms with Gasteiger partial charge in [0, 0.05) is 31.7 Å². The van der Waals surface area contributed by atoms with Gasteiger partial charge in [0.25, 0.3) is 0 Å². The molecule has 0 radical (unpaired) electrons. The number of anilines is 2. The molecule has 2 atom stereocenters. The maximum absolute atomic E-state index is 13.9. The van der Waals surface area contributed by atoms with E-state index in [1.54, 1.807) is 0 Å². The van der Waals surface area contributed by atoms with E-state index in [1.807, 2.05) is 30.6 Å². The number of nitrogens with one attached hydrogen (secondary N) is 1. The average Bonchev–Trinajstić information content (AvgIpc) is 3.72. The largest absolute Gasteiger partial charge is 0.349 e. The van der Waals surface area contributed by atoms with Gasteiger partial charge in [0.2, 0.25) is 5.95 Å². The maximum atomic E-state index is 13.9. The molecule has 8 nitrogen and oxygen atoms in total. The number of fused-ring (bicyclic) bond motifs is 1. The molecular formula is C30H36F2N8. The van der Waals surface area contributed by atoms with Crippen LogP contribution in [0.2, 0.25) is 0 Å². The Bertz CT molecular complexity index is 1410. The minimum Gasteiger partial charge on any atom is -0.349 e. The van der Waals surface area contributed by atoms with Gasteiger partial charge in [-0.25, -0.2) is 19.6 Å². The molecule has 210 valence electrons. The van der Waals surface area contributed by atoms with Crippen LogP contribution in [0.3, 0.4) is 0 Å². The van der Waals surface area contributed by atoms with Gasteiger partial charge in [0.05, 0.1) is 12.4 Å². The van der Waals surface area contributed by atoms with Crippen molar-refractivity contribution in [3.8, 4) is 0 Å². The number of hydrogen-bond acceptors (Lipinski definition) is 7. The van der Waals surface area contributed by atoms with Crippen LogP contribution in [0.15, 0.2) is 54.9 Å². The number of hydrazine groups is 1. The summed E-state index contributed by atoms with van der Waals surface area (Å²) in [6.45, 7) is 6.73. The molecule has 4 aromatic rings. The third-order valence-corrected chi connectivity index (χ3v) is 8.38. The Kier molecular flexibility index (Phi) is 7.37. The monoisotopic (exact) mass is 546 g/mol. The molecule has 1 saturated carbocycles. The van der Waals surface area contributed by atoms with E-state index in [-0.39, 0.29) is 29.8 Å². The highest BCUT2D eigenvalue weighted by Gasteiger charge is 2.39. The van der Waals surface area contributed by atoms with E-state index in [1.165, 1.54) is 37.1 Å². The molecule has 3 heterocycles. The van der Waals surface area contributed by atoms with Gasteiger partial charge in [-0.1, -0.05) is 38.1 Å². The molecule has 1 aliphatic heterocycles. The Morgan fingerprint density at radius 1 is 0.900 bits per heavy atom. The van der Waals surface area contributed by atoms with Crippen LogP contribution in [0.5, 0.6) is 0 Å². The first kappa shape index (κ1) is 26.6. The van der Waals surface area contributed by atoms with Crippen molar-refractivity contribution in [2.24, 2.45) is 11.8 Å². The molecule has 10 heteroatoms. The van der Waals surface area contributed by atoms with Crippen molar-refractivity contribution < 1.29 is 8.78 Å². The quantitative estimate of drug-likeness (QED) is 0.218. The van der Waals surface area contributed by atoms with Crippen LogP contribution in [0.25, 0.3) is 11.2 Å². The molecule has 3 N–H and O–H groups in total. The average molecular weight is 547 g/mol. The summed E-state index contributed by atoms with van der Waals surface area (Å²) in [5.74, 6) is 7.11. The van der Waals surface area contributed by atoms with Crippen LogP contribution in [0.1, 0.15) is 56.7 Å². The molecular weight excluding hydrogens is 510 g/mol.